The number of ether oxygens (including phenoxy) is 2. The molecule has 0 saturated heterocycles. The van der Waals surface area contributed by atoms with Crippen LogP contribution in [0.3, 0.4) is 0 Å². The minimum atomic E-state index is -4.29. The maximum Gasteiger partial charge on any atom is 0.283 e. The van der Waals surface area contributed by atoms with Gasteiger partial charge in [-0.2, -0.15) is 8.42 Å². The molecule has 0 atom stereocenters. The number of methoxy groups -OCH3 is 2. The Labute approximate surface area is 168 Å². The lowest BCUT2D eigenvalue weighted by Crippen LogP contribution is -2.29. The van der Waals surface area contributed by atoms with E-state index in [1.165, 1.54) is 0 Å². The van der Waals surface area contributed by atoms with E-state index in [2.05, 4.69) is 10.3 Å². The molecule has 3 rings (SSSR count). The molecular weight excluding hydrogens is 396 g/mol. The van der Waals surface area contributed by atoms with Gasteiger partial charge in [-0.1, -0.05) is 6.92 Å². The van der Waals surface area contributed by atoms with E-state index in [-0.39, 0.29) is 0 Å². The van der Waals surface area contributed by atoms with Gasteiger partial charge in [-0.05, 0) is 48.4 Å². The SMILES string of the molecule is CCc1c(-c2ccc(OC)c(OC)c2)[nH]c2ccc(C(=O)NCS(=O)(=O)O)cc12. The Morgan fingerprint density at radius 3 is 2.45 bits per heavy atom. The van der Waals surface area contributed by atoms with Gasteiger partial charge in [0.15, 0.2) is 11.5 Å². The summed E-state index contributed by atoms with van der Waals surface area (Å²) in [5, 5.41) is 3.05. The van der Waals surface area contributed by atoms with E-state index in [0.29, 0.717) is 23.5 Å². The van der Waals surface area contributed by atoms with Crippen LogP contribution in [0.25, 0.3) is 22.2 Å². The van der Waals surface area contributed by atoms with Crippen LogP contribution >= 0.6 is 0 Å². The Kier molecular flexibility index (Phi) is 5.81. The summed E-state index contributed by atoms with van der Waals surface area (Å²) in [6.45, 7) is 2.01. The lowest BCUT2D eigenvalue weighted by molar-refractivity contribution is 0.0959. The number of carbonyl (C=O) groups excluding carboxylic acids is 1. The van der Waals surface area contributed by atoms with Gasteiger partial charge in [-0.15, -0.1) is 0 Å². The number of aromatic nitrogens is 1. The van der Waals surface area contributed by atoms with Crippen molar-refractivity contribution in [2.45, 2.75) is 13.3 Å². The van der Waals surface area contributed by atoms with Crippen LogP contribution in [0, 0.1) is 0 Å². The summed E-state index contributed by atoms with van der Waals surface area (Å²) >= 11 is 0. The number of nitrogens with one attached hydrogen (secondary N) is 2. The lowest BCUT2D eigenvalue weighted by atomic mass is 10.0. The maximum absolute atomic E-state index is 12.2. The smallest absolute Gasteiger partial charge is 0.283 e. The second-order valence-corrected chi connectivity index (χ2v) is 7.85. The summed E-state index contributed by atoms with van der Waals surface area (Å²) in [5.74, 6) is -0.186. The standard InChI is InChI=1S/C20H22N2O6S/c1-4-14-15-9-13(20(23)21-11-29(24,25)26)5-7-16(15)22-19(14)12-6-8-17(27-2)18(10-12)28-3/h5-10,22H,4,11H2,1-3H3,(H,21,23)(H,24,25,26). The second kappa shape index (κ2) is 8.14. The highest BCUT2D eigenvalue weighted by molar-refractivity contribution is 7.85. The summed E-state index contributed by atoms with van der Waals surface area (Å²) in [7, 11) is -1.14. The Bertz CT molecular complexity index is 1170. The van der Waals surface area contributed by atoms with Gasteiger partial charge >= 0.3 is 0 Å². The van der Waals surface area contributed by atoms with Crippen molar-refractivity contribution in [2.24, 2.45) is 0 Å². The molecule has 1 aromatic heterocycles. The molecule has 0 unspecified atom stereocenters. The zero-order valence-corrected chi connectivity index (χ0v) is 17.1. The van der Waals surface area contributed by atoms with Crippen LogP contribution in [0.15, 0.2) is 36.4 Å². The Balaban J connectivity index is 2.04. The van der Waals surface area contributed by atoms with Gasteiger partial charge in [0, 0.05) is 27.7 Å². The molecule has 3 N–H and O–H groups in total. The zero-order chi connectivity index (χ0) is 21.2. The van der Waals surface area contributed by atoms with Crippen molar-refractivity contribution in [2.75, 3.05) is 20.1 Å². The van der Waals surface area contributed by atoms with Crippen molar-refractivity contribution in [3.05, 3.63) is 47.5 Å². The third-order valence-electron chi connectivity index (χ3n) is 4.61. The van der Waals surface area contributed by atoms with Crippen molar-refractivity contribution >= 4 is 26.9 Å². The monoisotopic (exact) mass is 418 g/mol. The molecule has 1 amide bonds. The minimum absolute atomic E-state index is 0.300. The number of aryl methyl sites for hydroxylation is 1. The van der Waals surface area contributed by atoms with Crippen molar-refractivity contribution in [1.82, 2.24) is 10.3 Å². The molecule has 0 aliphatic heterocycles. The highest BCUT2D eigenvalue weighted by Crippen LogP contribution is 2.36. The van der Waals surface area contributed by atoms with E-state index in [9.17, 15) is 13.2 Å². The van der Waals surface area contributed by atoms with Gasteiger partial charge in [0.05, 0.1) is 14.2 Å². The number of amides is 1. The van der Waals surface area contributed by atoms with Gasteiger partial charge < -0.3 is 19.8 Å². The number of hydrogen-bond acceptors (Lipinski definition) is 5. The third-order valence-corrected chi connectivity index (χ3v) is 5.12. The fourth-order valence-electron chi connectivity index (χ4n) is 3.25. The number of hydrogen-bond donors (Lipinski definition) is 3. The molecule has 2 aromatic carbocycles. The average molecular weight is 418 g/mol. The van der Waals surface area contributed by atoms with Crippen LogP contribution in [-0.4, -0.2) is 44.0 Å². The van der Waals surface area contributed by atoms with Crippen LogP contribution in [0.1, 0.15) is 22.8 Å². The zero-order valence-electron chi connectivity index (χ0n) is 16.3. The first-order valence-corrected chi connectivity index (χ1v) is 10.5. The Morgan fingerprint density at radius 2 is 1.83 bits per heavy atom. The number of rotatable bonds is 7. The predicted octanol–water partition coefficient (Wildman–Crippen LogP) is 2.99. The van der Waals surface area contributed by atoms with Crippen molar-refractivity contribution < 1.29 is 27.2 Å². The first kappa shape index (κ1) is 20.7. The van der Waals surface area contributed by atoms with Gasteiger partial charge in [-0.3, -0.25) is 9.35 Å². The Hall–Kier alpha value is -3.04. The second-order valence-electron chi connectivity index (χ2n) is 6.39. The molecule has 0 bridgehead atoms. The normalized spacial score (nSPS) is 11.4. The molecule has 1 heterocycles. The van der Waals surface area contributed by atoms with Gasteiger partial charge in [0.1, 0.15) is 5.88 Å². The van der Waals surface area contributed by atoms with Gasteiger partial charge in [0.2, 0.25) is 0 Å². The van der Waals surface area contributed by atoms with Crippen molar-refractivity contribution in [3.63, 3.8) is 0 Å². The van der Waals surface area contributed by atoms with Crippen molar-refractivity contribution in [1.29, 1.82) is 0 Å². The number of aromatic amines is 1. The van der Waals surface area contributed by atoms with Crippen LogP contribution in [0.4, 0.5) is 0 Å². The third kappa shape index (κ3) is 4.36. The van der Waals surface area contributed by atoms with E-state index in [0.717, 1.165) is 27.7 Å². The lowest BCUT2D eigenvalue weighted by Gasteiger charge is -2.10. The molecule has 0 fully saturated rings. The minimum Gasteiger partial charge on any atom is -0.493 e. The number of carbonyl (C=O) groups is 1. The Morgan fingerprint density at radius 1 is 1.10 bits per heavy atom. The molecule has 154 valence electrons. The van der Waals surface area contributed by atoms with E-state index in [1.807, 2.05) is 25.1 Å². The maximum atomic E-state index is 12.2. The molecule has 29 heavy (non-hydrogen) atoms. The molecule has 3 aromatic rings. The highest BCUT2D eigenvalue weighted by atomic mass is 32.2. The molecule has 0 aliphatic rings. The largest absolute Gasteiger partial charge is 0.493 e. The molecule has 0 radical (unpaired) electrons. The predicted molar refractivity (Wildman–Crippen MR) is 110 cm³/mol. The fourth-order valence-corrected chi connectivity index (χ4v) is 3.57. The number of H-pyrrole nitrogens is 1. The van der Waals surface area contributed by atoms with Gasteiger partial charge in [0.25, 0.3) is 16.0 Å². The summed E-state index contributed by atoms with van der Waals surface area (Å²) in [6, 6.07) is 10.7. The fraction of sp³-hybridized carbons (Fsp3) is 0.250. The first-order valence-electron chi connectivity index (χ1n) is 8.87. The topological polar surface area (TPSA) is 118 Å². The molecule has 0 saturated carbocycles. The molecule has 9 heteroatoms. The van der Waals surface area contributed by atoms with Gasteiger partial charge in [-0.25, -0.2) is 0 Å². The van der Waals surface area contributed by atoms with E-state index in [1.54, 1.807) is 32.4 Å². The van der Waals surface area contributed by atoms with Crippen LogP contribution in [0.5, 0.6) is 11.5 Å². The first-order chi connectivity index (χ1) is 13.8. The summed E-state index contributed by atoms with van der Waals surface area (Å²) in [4.78, 5) is 15.6. The average Bonchev–Trinajstić information content (AvgIpc) is 3.08. The van der Waals surface area contributed by atoms with Crippen LogP contribution < -0.4 is 14.8 Å². The summed E-state index contributed by atoms with van der Waals surface area (Å²) in [5.41, 5.74) is 3.97. The van der Waals surface area contributed by atoms with Crippen LogP contribution in [-0.2, 0) is 16.5 Å². The van der Waals surface area contributed by atoms with E-state index in [4.69, 9.17) is 14.0 Å². The van der Waals surface area contributed by atoms with E-state index >= 15 is 0 Å². The quantitative estimate of drug-likeness (QED) is 0.508. The summed E-state index contributed by atoms with van der Waals surface area (Å²) < 4.78 is 41.2. The number of fused-ring (bicyclic) bond motifs is 1. The highest BCUT2D eigenvalue weighted by Gasteiger charge is 2.17. The molecule has 0 aliphatic carbocycles. The number of benzene rings is 2. The summed E-state index contributed by atoms with van der Waals surface area (Å²) in [6.07, 6.45) is 0.708. The molecule has 0 spiro atoms. The van der Waals surface area contributed by atoms with Crippen molar-refractivity contribution in [3.8, 4) is 22.8 Å². The molecule has 8 nitrogen and oxygen atoms in total. The molecular formula is C20H22N2O6S. The van der Waals surface area contributed by atoms with Crippen LogP contribution in [0.2, 0.25) is 0 Å². The van der Waals surface area contributed by atoms with E-state index < -0.39 is 21.9 Å².